The first-order chi connectivity index (χ1) is 13.9. The summed E-state index contributed by atoms with van der Waals surface area (Å²) in [6, 6.07) is 4.58. The van der Waals surface area contributed by atoms with Crippen molar-refractivity contribution in [3.05, 3.63) is 33.2 Å². The molecule has 0 radical (unpaired) electrons. The summed E-state index contributed by atoms with van der Waals surface area (Å²) in [5.41, 5.74) is 9.41. The highest BCUT2D eigenvalue weighted by Crippen LogP contribution is 2.37. The number of nitrogens with one attached hydrogen (secondary N) is 1. The van der Waals surface area contributed by atoms with Crippen molar-refractivity contribution in [2.45, 2.75) is 55.7 Å². The predicted molar refractivity (Wildman–Crippen MR) is 123 cm³/mol. The number of halogens is 1. The minimum Gasteiger partial charge on any atom is -0.382 e. The largest absolute Gasteiger partial charge is 0.382 e. The molecule has 0 saturated heterocycles. The van der Waals surface area contributed by atoms with E-state index in [0.29, 0.717) is 23.8 Å². The van der Waals surface area contributed by atoms with Crippen molar-refractivity contribution in [3.8, 4) is 0 Å². The van der Waals surface area contributed by atoms with E-state index < -0.39 is 0 Å². The fraction of sp³-hybridized carbons (Fsp3) is 0.400. The highest BCUT2D eigenvalue weighted by Gasteiger charge is 2.23. The van der Waals surface area contributed by atoms with E-state index in [1.807, 2.05) is 6.07 Å². The first kappa shape index (κ1) is 20.5. The summed E-state index contributed by atoms with van der Waals surface area (Å²) in [7, 11) is 0. The fourth-order valence-corrected chi connectivity index (χ4v) is 5.28. The number of nitrogens with two attached hydrogens (primary N) is 1. The molecular formula is C20H23IN6OS. The second-order valence-corrected chi connectivity index (χ2v) is 9.58. The lowest BCUT2D eigenvalue weighted by atomic mass is 10.1. The normalized spacial score (nSPS) is 13.6. The quantitative estimate of drug-likeness (QED) is 0.361. The minimum absolute atomic E-state index is 0.224. The summed E-state index contributed by atoms with van der Waals surface area (Å²) in [4.78, 5) is 26.5. The van der Waals surface area contributed by atoms with Gasteiger partial charge in [-0.3, -0.25) is 4.79 Å². The molecule has 7 nitrogen and oxygen atoms in total. The van der Waals surface area contributed by atoms with Gasteiger partial charge in [-0.1, -0.05) is 25.6 Å². The highest BCUT2D eigenvalue weighted by atomic mass is 127. The van der Waals surface area contributed by atoms with Crippen molar-refractivity contribution >= 4 is 57.1 Å². The Hall–Kier alpha value is -1.72. The number of benzene rings is 1. The third-order valence-electron chi connectivity index (χ3n) is 4.92. The SMILES string of the molecule is CC(C)NCCCn1c(Sc2cc3c(cc2I)CCC3=O)nc2c(N)ncnc21. The van der Waals surface area contributed by atoms with Crippen LogP contribution in [0.3, 0.4) is 0 Å². The number of hydrogen-bond acceptors (Lipinski definition) is 7. The molecule has 0 bridgehead atoms. The van der Waals surface area contributed by atoms with Crippen LogP contribution in [0.2, 0.25) is 0 Å². The summed E-state index contributed by atoms with van der Waals surface area (Å²) < 4.78 is 3.23. The van der Waals surface area contributed by atoms with Gasteiger partial charge in [0.25, 0.3) is 0 Å². The molecule has 3 aromatic rings. The van der Waals surface area contributed by atoms with E-state index in [2.05, 4.69) is 62.4 Å². The van der Waals surface area contributed by atoms with Crippen molar-refractivity contribution in [2.75, 3.05) is 12.3 Å². The number of aromatic nitrogens is 4. The standard InChI is InChI=1S/C20H23IN6OS/c1-11(2)23-6-3-7-27-19-17(18(22)24-10-25-19)26-20(27)29-16-9-13-12(8-14(16)21)4-5-15(13)28/h8-11,23H,3-7H2,1-2H3,(H2,22,24,25). The minimum atomic E-state index is 0.224. The molecule has 0 unspecified atom stereocenters. The van der Waals surface area contributed by atoms with Crippen molar-refractivity contribution in [3.63, 3.8) is 0 Å². The molecular weight excluding hydrogens is 499 g/mol. The van der Waals surface area contributed by atoms with Gasteiger partial charge in [0.15, 0.2) is 27.9 Å². The molecule has 29 heavy (non-hydrogen) atoms. The van der Waals surface area contributed by atoms with Gasteiger partial charge in [-0.05, 0) is 59.7 Å². The van der Waals surface area contributed by atoms with E-state index in [9.17, 15) is 4.79 Å². The number of fused-ring (bicyclic) bond motifs is 2. The van der Waals surface area contributed by atoms with Crippen LogP contribution in [0.15, 0.2) is 28.5 Å². The van der Waals surface area contributed by atoms with Gasteiger partial charge in [0.1, 0.15) is 6.33 Å². The topological polar surface area (TPSA) is 98.7 Å². The van der Waals surface area contributed by atoms with E-state index in [1.54, 1.807) is 11.8 Å². The molecule has 1 aliphatic rings. The molecule has 152 valence electrons. The van der Waals surface area contributed by atoms with E-state index in [-0.39, 0.29) is 5.78 Å². The predicted octanol–water partition coefficient (Wildman–Crippen LogP) is 3.68. The first-order valence-electron chi connectivity index (χ1n) is 9.67. The van der Waals surface area contributed by atoms with Crippen molar-refractivity contribution in [1.29, 1.82) is 0 Å². The number of hydrogen-bond donors (Lipinski definition) is 2. The maximum atomic E-state index is 12.2. The zero-order valence-corrected chi connectivity index (χ0v) is 19.4. The Labute approximate surface area is 187 Å². The third kappa shape index (κ3) is 4.26. The Bertz CT molecular complexity index is 1080. The number of rotatable bonds is 7. The summed E-state index contributed by atoms with van der Waals surface area (Å²) in [6.07, 6.45) is 3.87. The molecule has 2 aromatic heterocycles. The fourth-order valence-electron chi connectivity index (χ4n) is 3.46. The number of Topliss-reactive ketones (excluding diaryl/α,β-unsaturated/α-hetero) is 1. The lowest BCUT2D eigenvalue weighted by molar-refractivity contribution is 0.0994. The van der Waals surface area contributed by atoms with Gasteiger partial charge in [-0.15, -0.1) is 0 Å². The van der Waals surface area contributed by atoms with Crippen LogP contribution in [-0.2, 0) is 13.0 Å². The van der Waals surface area contributed by atoms with E-state index >= 15 is 0 Å². The molecule has 1 aliphatic carbocycles. The number of carbonyl (C=O) groups is 1. The monoisotopic (exact) mass is 522 g/mol. The summed E-state index contributed by atoms with van der Waals surface area (Å²) in [5.74, 6) is 0.608. The van der Waals surface area contributed by atoms with Crippen LogP contribution in [0.4, 0.5) is 5.82 Å². The van der Waals surface area contributed by atoms with Gasteiger partial charge >= 0.3 is 0 Å². The van der Waals surface area contributed by atoms with Gasteiger partial charge in [-0.2, -0.15) is 0 Å². The second kappa shape index (κ2) is 8.57. The summed E-state index contributed by atoms with van der Waals surface area (Å²) >= 11 is 3.89. The Morgan fingerprint density at radius 3 is 2.93 bits per heavy atom. The number of carbonyl (C=O) groups excluding carboxylic acids is 1. The van der Waals surface area contributed by atoms with Crippen LogP contribution in [-0.4, -0.2) is 37.9 Å². The lowest BCUT2D eigenvalue weighted by Crippen LogP contribution is -2.24. The van der Waals surface area contributed by atoms with Gasteiger partial charge in [-0.25, -0.2) is 15.0 Å². The summed E-state index contributed by atoms with van der Waals surface area (Å²) in [6.45, 7) is 5.96. The van der Waals surface area contributed by atoms with Crippen LogP contribution in [0.25, 0.3) is 11.2 Å². The van der Waals surface area contributed by atoms with Gasteiger partial charge in [0, 0.05) is 33.0 Å². The molecule has 0 amide bonds. The molecule has 4 rings (SSSR count). The number of imidazole rings is 1. The molecule has 0 fully saturated rings. The lowest BCUT2D eigenvalue weighted by Gasteiger charge is -2.12. The molecule has 0 saturated carbocycles. The first-order valence-corrected chi connectivity index (χ1v) is 11.6. The molecule has 0 spiro atoms. The van der Waals surface area contributed by atoms with Crippen molar-refractivity contribution < 1.29 is 4.79 Å². The molecule has 9 heteroatoms. The van der Waals surface area contributed by atoms with Gasteiger partial charge < -0.3 is 15.6 Å². The number of nitrogens with zero attached hydrogens (tertiary/aromatic N) is 4. The number of aryl methyl sites for hydroxylation is 2. The molecule has 1 aromatic carbocycles. The van der Waals surface area contributed by atoms with Gasteiger partial charge in [0.05, 0.1) is 0 Å². The van der Waals surface area contributed by atoms with Crippen LogP contribution >= 0.6 is 34.4 Å². The van der Waals surface area contributed by atoms with E-state index in [4.69, 9.17) is 10.7 Å². The zero-order valence-electron chi connectivity index (χ0n) is 16.4. The molecule has 2 heterocycles. The highest BCUT2D eigenvalue weighted by molar-refractivity contribution is 14.1. The Balaban J connectivity index is 1.68. The average molecular weight is 522 g/mol. The number of anilines is 1. The molecule has 0 aliphatic heterocycles. The van der Waals surface area contributed by atoms with E-state index in [1.165, 1.54) is 6.33 Å². The third-order valence-corrected chi connectivity index (χ3v) is 7.23. The number of ketones is 1. The summed E-state index contributed by atoms with van der Waals surface area (Å²) in [5, 5.41) is 4.26. The maximum absolute atomic E-state index is 12.2. The molecule has 0 atom stereocenters. The zero-order chi connectivity index (χ0) is 20.5. The second-order valence-electron chi connectivity index (χ2n) is 7.40. The number of nitrogen functional groups attached to an aromatic ring is 1. The van der Waals surface area contributed by atoms with E-state index in [0.717, 1.165) is 56.3 Å². The van der Waals surface area contributed by atoms with Crippen LogP contribution in [0, 0.1) is 3.57 Å². The molecule has 3 N–H and O–H groups in total. The Morgan fingerprint density at radius 2 is 2.14 bits per heavy atom. The average Bonchev–Trinajstić information content (AvgIpc) is 3.21. The van der Waals surface area contributed by atoms with Crippen LogP contribution in [0.5, 0.6) is 0 Å². The maximum Gasteiger partial charge on any atom is 0.175 e. The smallest absolute Gasteiger partial charge is 0.175 e. The van der Waals surface area contributed by atoms with Crippen molar-refractivity contribution in [2.24, 2.45) is 0 Å². The van der Waals surface area contributed by atoms with Crippen molar-refractivity contribution in [1.82, 2.24) is 24.8 Å². The Morgan fingerprint density at radius 1 is 1.31 bits per heavy atom. The van der Waals surface area contributed by atoms with Crippen LogP contribution < -0.4 is 11.1 Å². The Kier molecular flexibility index (Phi) is 6.07. The van der Waals surface area contributed by atoms with Crippen LogP contribution in [0.1, 0.15) is 42.6 Å². The van der Waals surface area contributed by atoms with Gasteiger partial charge in [0.2, 0.25) is 0 Å².